The van der Waals surface area contributed by atoms with Crippen molar-refractivity contribution in [2.75, 3.05) is 18.0 Å². The first-order valence-electron chi connectivity index (χ1n) is 12.0. The van der Waals surface area contributed by atoms with Gasteiger partial charge in [-0.2, -0.15) is 0 Å². The third kappa shape index (κ3) is 4.81. The fourth-order valence-electron chi connectivity index (χ4n) is 4.49. The van der Waals surface area contributed by atoms with Crippen LogP contribution in [0.5, 0.6) is 0 Å². The van der Waals surface area contributed by atoms with Crippen molar-refractivity contribution in [2.45, 2.75) is 45.7 Å². The molecular weight excluding hydrogens is 426 g/mol. The molecule has 1 heterocycles. The lowest BCUT2D eigenvalue weighted by atomic mass is 10.1. The molecule has 0 aromatic heterocycles. The van der Waals surface area contributed by atoms with E-state index in [2.05, 4.69) is 5.32 Å². The van der Waals surface area contributed by atoms with Gasteiger partial charge in [0.2, 0.25) is 11.8 Å². The number of carbonyl (C=O) groups is 3. The number of amides is 3. The summed E-state index contributed by atoms with van der Waals surface area (Å²) in [4.78, 5) is 42.3. The van der Waals surface area contributed by atoms with Crippen LogP contribution in [0.4, 0.5) is 5.69 Å². The van der Waals surface area contributed by atoms with Gasteiger partial charge in [0.1, 0.15) is 6.04 Å². The van der Waals surface area contributed by atoms with E-state index in [0.717, 1.165) is 28.4 Å². The molecule has 0 spiro atoms. The van der Waals surface area contributed by atoms with Crippen LogP contribution in [0, 0.1) is 0 Å². The summed E-state index contributed by atoms with van der Waals surface area (Å²) in [5.74, 6) is -0.263. The van der Waals surface area contributed by atoms with Crippen LogP contribution in [0.15, 0.2) is 66.7 Å². The Bertz CT molecular complexity index is 1190. The summed E-state index contributed by atoms with van der Waals surface area (Å²) in [6.07, 6.45) is 1.61. The smallest absolute Gasteiger partial charge is 0.258 e. The maximum Gasteiger partial charge on any atom is 0.258 e. The predicted molar refractivity (Wildman–Crippen MR) is 135 cm³/mol. The zero-order valence-corrected chi connectivity index (χ0v) is 19.8. The van der Waals surface area contributed by atoms with Gasteiger partial charge in [0, 0.05) is 37.0 Å². The molecule has 6 heteroatoms. The van der Waals surface area contributed by atoms with Crippen molar-refractivity contribution >= 4 is 34.2 Å². The highest BCUT2D eigenvalue weighted by Crippen LogP contribution is 2.37. The second kappa shape index (κ2) is 10.5. The summed E-state index contributed by atoms with van der Waals surface area (Å²) < 4.78 is 0. The molecule has 1 unspecified atom stereocenters. The zero-order valence-electron chi connectivity index (χ0n) is 19.8. The molecule has 0 bridgehead atoms. The molecule has 176 valence electrons. The Balaban J connectivity index is 1.44. The lowest BCUT2D eigenvalue weighted by Gasteiger charge is -2.29. The lowest BCUT2D eigenvalue weighted by molar-refractivity contribution is -0.140. The molecule has 6 nitrogen and oxygen atoms in total. The second-order valence-corrected chi connectivity index (χ2v) is 8.72. The molecule has 1 atom stereocenters. The summed E-state index contributed by atoms with van der Waals surface area (Å²) >= 11 is 0. The molecule has 1 aliphatic heterocycles. The van der Waals surface area contributed by atoms with E-state index in [1.807, 2.05) is 73.7 Å². The normalized spacial score (nSPS) is 13.2. The number of nitrogens with zero attached hydrogens (tertiary/aromatic N) is 2. The molecule has 0 saturated carbocycles. The van der Waals surface area contributed by atoms with Crippen LogP contribution in [0.2, 0.25) is 0 Å². The van der Waals surface area contributed by atoms with E-state index in [-0.39, 0.29) is 24.1 Å². The third-order valence-corrected chi connectivity index (χ3v) is 6.33. The van der Waals surface area contributed by atoms with E-state index in [1.165, 1.54) is 0 Å². The number of nitrogens with one attached hydrogen (secondary N) is 1. The van der Waals surface area contributed by atoms with Gasteiger partial charge >= 0.3 is 0 Å². The van der Waals surface area contributed by atoms with Gasteiger partial charge < -0.3 is 15.1 Å². The number of benzene rings is 3. The fourth-order valence-corrected chi connectivity index (χ4v) is 4.49. The Hall–Kier alpha value is -3.67. The molecule has 0 fully saturated rings. The monoisotopic (exact) mass is 457 g/mol. The van der Waals surface area contributed by atoms with Crippen molar-refractivity contribution in [2.24, 2.45) is 0 Å². The largest absolute Gasteiger partial charge is 0.354 e. The van der Waals surface area contributed by atoms with Gasteiger partial charge in [-0.25, -0.2) is 0 Å². The fraction of sp³-hybridized carbons (Fsp3) is 0.321. The zero-order chi connectivity index (χ0) is 24.1. The molecule has 3 aromatic carbocycles. The first kappa shape index (κ1) is 23.5. The van der Waals surface area contributed by atoms with Crippen molar-refractivity contribution in [3.63, 3.8) is 0 Å². The number of rotatable bonds is 10. The van der Waals surface area contributed by atoms with E-state index in [1.54, 1.807) is 16.7 Å². The lowest BCUT2D eigenvalue weighted by Crippen LogP contribution is -2.47. The Morgan fingerprint density at radius 3 is 2.47 bits per heavy atom. The minimum Gasteiger partial charge on any atom is -0.354 e. The van der Waals surface area contributed by atoms with Crippen LogP contribution in [0.1, 0.15) is 49.0 Å². The quantitative estimate of drug-likeness (QED) is 0.487. The molecule has 0 aliphatic carbocycles. The van der Waals surface area contributed by atoms with Gasteiger partial charge in [-0.15, -0.1) is 0 Å². The Labute approximate surface area is 200 Å². The standard InChI is InChI=1S/C28H31N3O3/c1-3-17-29-27(33)20(2)31(19-21-10-5-4-6-11-21)25(32)16-9-18-30-24-15-8-13-22-12-7-14-23(26(22)24)28(30)34/h4-8,10-15,20H,3,9,16-19H2,1-2H3,(H,29,33). The van der Waals surface area contributed by atoms with Crippen molar-refractivity contribution in [1.29, 1.82) is 0 Å². The summed E-state index contributed by atoms with van der Waals surface area (Å²) in [6, 6.07) is 20.8. The van der Waals surface area contributed by atoms with Crippen molar-refractivity contribution in [3.05, 3.63) is 77.9 Å². The SMILES string of the molecule is CCCNC(=O)C(C)N(Cc1ccccc1)C(=O)CCCN1C(=O)c2cccc3cccc1c23. The average Bonchev–Trinajstić information content (AvgIpc) is 3.14. The van der Waals surface area contributed by atoms with Crippen molar-refractivity contribution in [1.82, 2.24) is 10.2 Å². The molecule has 3 amide bonds. The van der Waals surface area contributed by atoms with Crippen molar-refractivity contribution < 1.29 is 14.4 Å². The molecule has 1 N–H and O–H groups in total. The Kier molecular flexibility index (Phi) is 7.26. The maximum absolute atomic E-state index is 13.3. The molecule has 34 heavy (non-hydrogen) atoms. The van der Waals surface area contributed by atoms with Crippen LogP contribution in [-0.4, -0.2) is 41.8 Å². The highest BCUT2D eigenvalue weighted by molar-refractivity contribution is 6.25. The van der Waals surface area contributed by atoms with E-state index < -0.39 is 6.04 Å². The van der Waals surface area contributed by atoms with Gasteiger partial charge in [-0.1, -0.05) is 61.5 Å². The van der Waals surface area contributed by atoms with E-state index in [4.69, 9.17) is 0 Å². The predicted octanol–water partition coefficient (Wildman–Crippen LogP) is 4.52. The van der Waals surface area contributed by atoms with Crippen LogP contribution in [0.25, 0.3) is 10.8 Å². The van der Waals surface area contributed by atoms with Gasteiger partial charge in [0.05, 0.1) is 5.69 Å². The molecule has 3 aromatic rings. The summed E-state index contributed by atoms with van der Waals surface area (Å²) in [5, 5.41) is 4.92. The average molecular weight is 458 g/mol. The third-order valence-electron chi connectivity index (χ3n) is 6.33. The van der Waals surface area contributed by atoms with Crippen LogP contribution >= 0.6 is 0 Å². The molecular formula is C28H31N3O3. The topological polar surface area (TPSA) is 69.7 Å². The number of hydrogen-bond acceptors (Lipinski definition) is 3. The number of anilines is 1. The van der Waals surface area contributed by atoms with Crippen LogP contribution < -0.4 is 10.2 Å². The van der Waals surface area contributed by atoms with Crippen LogP contribution in [-0.2, 0) is 16.1 Å². The first-order valence-corrected chi connectivity index (χ1v) is 12.0. The Morgan fingerprint density at radius 2 is 1.74 bits per heavy atom. The summed E-state index contributed by atoms with van der Waals surface area (Å²) in [5.41, 5.74) is 2.59. The second-order valence-electron chi connectivity index (χ2n) is 8.72. The van der Waals surface area contributed by atoms with Crippen molar-refractivity contribution in [3.8, 4) is 0 Å². The minimum atomic E-state index is -0.578. The van der Waals surface area contributed by atoms with Gasteiger partial charge in [-0.3, -0.25) is 14.4 Å². The highest BCUT2D eigenvalue weighted by Gasteiger charge is 2.30. The van der Waals surface area contributed by atoms with E-state index in [0.29, 0.717) is 31.6 Å². The van der Waals surface area contributed by atoms with Gasteiger partial charge in [0.15, 0.2) is 0 Å². The van der Waals surface area contributed by atoms with Gasteiger partial charge in [-0.05, 0) is 42.8 Å². The first-order chi connectivity index (χ1) is 16.5. The van der Waals surface area contributed by atoms with E-state index in [9.17, 15) is 14.4 Å². The maximum atomic E-state index is 13.3. The van der Waals surface area contributed by atoms with Crippen LogP contribution in [0.3, 0.4) is 0 Å². The summed E-state index contributed by atoms with van der Waals surface area (Å²) in [6.45, 7) is 5.17. The highest BCUT2D eigenvalue weighted by atomic mass is 16.2. The molecule has 1 aliphatic rings. The number of carbonyl (C=O) groups excluding carboxylic acids is 3. The Morgan fingerprint density at radius 1 is 1.00 bits per heavy atom. The van der Waals surface area contributed by atoms with Gasteiger partial charge in [0.25, 0.3) is 5.91 Å². The van der Waals surface area contributed by atoms with E-state index >= 15 is 0 Å². The molecule has 0 saturated heterocycles. The summed E-state index contributed by atoms with van der Waals surface area (Å²) in [7, 11) is 0. The minimum absolute atomic E-state index is 0.0206. The molecule has 4 rings (SSSR count). The number of hydrogen-bond donors (Lipinski definition) is 1. The molecule has 0 radical (unpaired) electrons.